The molecule has 0 aromatic carbocycles. The molecule has 1 aromatic rings. The maximum atomic E-state index is 10.5. The molecule has 2 atom stereocenters. The van der Waals surface area contributed by atoms with E-state index in [4.69, 9.17) is 0 Å². The molecule has 1 saturated carbocycles. The quantitative estimate of drug-likeness (QED) is 0.599. The first-order chi connectivity index (χ1) is 7.20. The maximum absolute atomic E-state index is 10.5. The lowest BCUT2D eigenvalue weighted by atomic mass is 10.2. The van der Waals surface area contributed by atoms with Crippen LogP contribution in [0.15, 0.2) is 12.4 Å². The Morgan fingerprint density at radius 1 is 1.67 bits per heavy atom. The molecule has 1 aromatic heterocycles. The summed E-state index contributed by atoms with van der Waals surface area (Å²) in [4.78, 5) is 10.1. The zero-order valence-electron chi connectivity index (χ0n) is 8.59. The summed E-state index contributed by atoms with van der Waals surface area (Å²) >= 11 is 0. The SMILES string of the molecule is CNC1CCC(n2cc([N+](=O)[O-])cn2)C1. The van der Waals surface area contributed by atoms with E-state index in [9.17, 15) is 10.1 Å². The Hall–Kier alpha value is -1.43. The number of hydrogen-bond acceptors (Lipinski definition) is 4. The van der Waals surface area contributed by atoms with Gasteiger partial charge in [-0.25, -0.2) is 0 Å². The Morgan fingerprint density at radius 3 is 3.00 bits per heavy atom. The topological polar surface area (TPSA) is 73.0 Å². The van der Waals surface area contributed by atoms with Crippen LogP contribution in [0.4, 0.5) is 5.69 Å². The fourth-order valence-corrected chi connectivity index (χ4v) is 2.08. The van der Waals surface area contributed by atoms with Gasteiger partial charge in [-0.15, -0.1) is 0 Å². The fraction of sp³-hybridized carbons (Fsp3) is 0.667. The molecule has 2 rings (SSSR count). The predicted octanol–water partition coefficient (Wildman–Crippen LogP) is 1.10. The molecule has 1 aliphatic rings. The Kier molecular flexibility index (Phi) is 2.68. The van der Waals surface area contributed by atoms with E-state index < -0.39 is 4.92 Å². The molecule has 1 aliphatic carbocycles. The van der Waals surface area contributed by atoms with Crippen molar-refractivity contribution >= 4 is 5.69 Å². The summed E-state index contributed by atoms with van der Waals surface area (Å²) in [6.45, 7) is 0. The highest BCUT2D eigenvalue weighted by molar-refractivity contribution is 5.21. The van der Waals surface area contributed by atoms with E-state index in [-0.39, 0.29) is 5.69 Å². The molecule has 1 heterocycles. The van der Waals surface area contributed by atoms with Crippen LogP contribution < -0.4 is 5.32 Å². The highest BCUT2D eigenvalue weighted by Crippen LogP contribution is 2.30. The number of aromatic nitrogens is 2. The average Bonchev–Trinajstić information content (AvgIpc) is 2.86. The van der Waals surface area contributed by atoms with Crippen molar-refractivity contribution in [2.45, 2.75) is 31.3 Å². The molecule has 2 unspecified atom stereocenters. The number of nitro groups is 1. The molecule has 0 spiro atoms. The van der Waals surface area contributed by atoms with Crippen molar-refractivity contribution in [2.24, 2.45) is 0 Å². The lowest BCUT2D eigenvalue weighted by molar-refractivity contribution is -0.385. The van der Waals surface area contributed by atoms with Crippen molar-refractivity contribution in [2.75, 3.05) is 7.05 Å². The molecular weight excluding hydrogens is 196 g/mol. The molecule has 1 N–H and O–H groups in total. The summed E-state index contributed by atoms with van der Waals surface area (Å²) in [6.07, 6.45) is 5.96. The molecule has 6 heteroatoms. The minimum atomic E-state index is -0.409. The molecule has 15 heavy (non-hydrogen) atoms. The molecular formula is C9H14N4O2. The molecule has 1 fully saturated rings. The summed E-state index contributed by atoms with van der Waals surface area (Å²) in [5.74, 6) is 0. The number of nitrogens with zero attached hydrogens (tertiary/aromatic N) is 3. The zero-order valence-corrected chi connectivity index (χ0v) is 8.59. The molecule has 6 nitrogen and oxygen atoms in total. The van der Waals surface area contributed by atoms with Crippen molar-refractivity contribution in [1.29, 1.82) is 0 Å². The Labute approximate surface area is 87.4 Å². The number of rotatable bonds is 3. The third-order valence-electron chi connectivity index (χ3n) is 2.99. The summed E-state index contributed by atoms with van der Waals surface area (Å²) in [5.41, 5.74) is 0.0721. The van der Waals surface area contributed by atoms with E-state index in [2.05, 4.69) is 10.4 Å². The Bertz CT molecular complexity index is 363. The highest BCUT2D eigenvalue weighted by atomic mass is 16.6. The molecule has 0 saturated heterocycles. The van der Waals surface area contributed by atoms with Crippen LogP contribution >= 0.6 is 0 Å². The van der Waals surface area contributed by atoms with E-state index in [0.29, 0.717) is 12.1 Å². The van der Waals surface area contributed by atoms with Gasteiger partial charge in [0.25, 0.3) is 0 Å². The van der Waals surface area contributed by atoms with Gasteiger partial charge in [-0.2, -0.15) is 5.10 Å². The minimum absolute atomic E-state index is 0.0721. The zero-order chi connectivity index (χ0) is 10.8. The fourth-order valence-electron chi connectivity index (χ4n) is 2.08. The van der Waals surface area contributed by atoms with Crippen LogP contribution in [0.3, 0.4) is 0 Å². The maximum Gasteiger partial charge on any atom is 0.307 e. The third-order valence-corrected chi connectivity index (χ3v) is 2.99. The second kappa shape index (κ2) is 3.98. The van der Waals surface area contributed by atoms with Crippen LogP contribution in [0.1, 0.15) is 25.3 Å². The predicted molar refractivity (Wildman–Crippen MR) is 54.6 cm³/mol. The smallest absolute Gasteiger partial charge is 0.307 e. The van der Waals surface area contributed by atoms with Crippen LogP contribution in [0.5, 0.6) is 0 Å². The normalized spacial score (nSPS) is 25.7. The van der Waals surface area contributed by atoms with E-state index in [0.717, 1.165) is 19.3 Å². The monoisotopic (exact) mass is 210 g/mol. The lowest BCUT2D eigenvalue weighted by Crippen LogP contribution is -2.21. The molecule has 0 bridgehead atoms. The summed E-state index contributed by atoms with van der Waals surface area (Å²) in [5, 5.41) is 17.7. The van der Waals surface area contributed by atoms with E-state index in [1.165, 1.54) is 12.4 Å². The van der Waals surface area contributed by atoms with Gasteiger partial charge in [0.15, 0.2) is 0 Å². The van der Waals surface area contributed by atoms with Crippen LogP contribution in [-0.2, 0) is 0 Å². The lowest BCUT2D eigenvalue weighted by Gasteiger charge is -2.10. The molecule has 0 amide bonds. The standard InChI is InChI=1S/C9H14N4O2/c1-10-7-2-3-8(4-7)12-6-9(5-11-12)13(14)15/h5-8,10H,2-4H2,1H3. The van der Waals surface area contributed by atoms with Gasteiger partial charge in [0.05, 0.1) is 11.0 Å². The van der Waals surface area contributed by atoms with E-state index in [1.54, 1.807) is 4.68 Å². The van der Waals surface area contributed by atoms with Crippen LogP contribution in [0, 0.1) is 10.1 Å². The van der Waals surface area contributed by atoms with E-state index >= 15 is 0 Å². The largest absolute Gasteiger partial charge is 0.317 e. The molecule has 0 aliphatic heterocycles. The first-order valence-electron chi connectivity index (χ1n) is 5.06. The first kappa shape index (κ1) is 10.1. The van der Waals surface area contributed by atoms with Crippen molar-refractivity contribution in [1.82, 2.24) is 15.1 Å². The molecule has 82 valence electrons. The second-order valence-corrected chi connectivity index (χ2v) is 3.89. The van der Waals surface area contributed by atoms with Crippen molar-refractivity contribution in [3.8, 4) is 0 Å². The Balaban J connectivity index is 2.07. The van der Waals surface area contributed by atoms with Crippen LogP contribution in [0.2, 0.25) is 0 Å². The number of nitrogens with one attached hydrogen (secondary N) is 1. The van der Waals surface area contributed by atoms with Crippen LogP contribution in [-0.4, -0.2) is 27.8 Å². The number of hydrogen-bond donors (Lipinski definition) is 1. The highest BCUT2D eigenvalue weighted by Gasteiger charge is 2.26. The minimum Gasteiger partial charge on any atom is -0.317 e. The average molecular weight is 210 g/mol. The third kappa shape index (κ3) is 1.99. The van der Waals surface area contributed by atoms with E-state index in [1.807, 2.05) is 7.05 Å². The summed E-state index contributed by atoms with van der Waals surface area (Å²) in [7, 11) is 1.94. The first-order valence-corrected chi connectivity index (χ1v) is 5.06. The van der Waals surface area contributed by atoms with Gasteiger partial charge >= 0.3 is 5.69 Å². The second-order valence-electron chi connectivity index (χ2n) is 3.89. The Morgan fingerprint density at radius 2 is 2.47 bits per heavy atom. The van der Waals surface area contributed by atoms with Gasteiger partial charge in [0, 0.05) is 6.04 Å². The van der Waals surface area contributed by atoms with Crippen molar-refractivity contribution in [3.05, 3.63) is 22.5 Å². The van der Waals surface area contributed by atoms with Crippen molar-refractivity contribution in [3.63, 3.8) is 0 Å². The van der Waals surface area contributed by atoms with Gasteiger partial charge in [-0.3, -0.25) is 14.8 Å². The summed E-state index contributed by atoms with van der Waals surface area (Å²) < 4.78 is 1.72. The van der Waals surface area contributed by atoms with Gasteiger partial charge in [-0.1, -0.05) is 0 Å². The van der Waals surface area contributed by atoms with Gasteiger partial charge in [0.2, 0.25) is 0 Å². The molecule has 0 radical (unpaired) electrons. The van der Waals surface area contributed by atoms with Gasteiger partial charge in [0.1, 0.15) is 12.4 Å². The van der Waals surface area contributed by atoms with Gasteiger partial charge in [-0.05, 0) is 26.3 Å². The van der Waals surface area contributed by atoms with Crippen molar-refractivity contribution < 1.29 is 4.92 Å². The summed E-state index contributed by atoms with van der Waals surface area (Å²) in [6, 6.07) is 0.814. The van der Waals surface area contributed by atoms with Gasteiger partial charge < -0.3 is 5.32 Å². The van der Waals surface area contributed by atoms with Crippen LogP contribution in [0.25, 0.3) is 0 Å².